The lowest BCUT2D eigenvalue weighted by molar-refractivity contribution is -0.145. The molecule has 3 aliphatic rings. The average molecular weight is 431 g/mol. The molecule has 2 aliphatic heterocycles. The topological polar surface area (TPSA) is 64.6 Å². The molecule has 0 spiro atoms. The van der Waals surface area contributed by atoms with Crippen LogP contribution < -0.4 is 15.1 Å². The number of anilines is 2. The van der Waals surface area contributed by atoms with Gasteiger partial charge in [-0.05, 0) is 31.4 Å². The van der Waals surface area contributed by atoms with Crippen molar-refractivity contribution < 1.29 is 4.79 Å². The van der Waals surface area contributed by atoms with Crippen LogP contribution in [0.15, 0.2) is 12.3 Å². The van der Waals surface area contributed by atoms with E-state index in [4.69, 9.17) is 0 Å². The lowest BCUT2D eigenvalue weighted by atomic mass is 9.67. The van der Waals surface area contributed by atoms with Gasteiger partial charge in [-0.3, -0.25) is 4.79 Å². The van der Waals surface area contributed by atoms with Gasteiger partial charge in [0.2, 0.25) is 11.9 Å². The molecular weight excluding hydrogens is 399 g/mol. The molecule has 1 N–H and O–H groups in total. The van der Waals surface area contributed by atoms with Crippen LogP contribution in [-0.4, -0.2) is 74.1 Å². The molecule has 2 atom stereocenters. The van der Waals surface area contributed by atoms with Gasteiger partial charge >= 0.3 is 0 Å². The number of hydrogen-bond donors (Lipinski definition) is 1. The monoisotopic (exact) mass is 430 g/mol. The first-order valence-corrected chi connectivity index (χ1v) is 9.85. The van der Waals surface area contributed by atoms with Crippen LogP contribution in [0, 0.1) is 11.3 Å². The molecule has 1 aliphatic carbocycles. The molecule has 7 nitrogen and oxygen atoms in total. The first kappa shape index (κ1) is 23.0. The van der Waals surface area contributed by atoms with Gasteiger partial charge in [-0.1, -0.05) is 12.8 Å². The Morgan fingerprint density at radius 1 is 1.21 bits per heavy atom. The molecule has 0 radical (unpaired) electrons. The van der Waals surface area contributed by atoms with Crippen molar-refractivity contribution in [3.63, 3.8) is 0 Å². The number of fused-ring (bicyclic) bond motifs is 1. The molecule has 9 heteroatoms. The number of carbonyl (C=O) groups excluding carboxylic acids is 1. The summed E-state index contributed by atoms with van der Waals surface area (Å²) in [6.07, 6.45) is 6.54. The van der Waals surface area contributed by atoms with Crippen molar-refractivity contribution in [2.24, 2.45) is 11.3 Å². The molecule has 0 aromatic carbocycles. The van der Waals surface area contributed by atoms with Crippen LogP contribution in [0.2, 0.25) is 0 Å². The Morgan fingerprint density at radius 2 is 1.96 bits per heavy atom. The lowest BCUT2D eigenvalue weighted by Crippen LogP contribution is -2.56. The minimum absolute atomic E-state index is 0. The summed E-state index contributed by atoms with van der Waals surface area (Å²) in [6, 6.07) is 1.96. The maximum Gasteiger partial charge on any atom is 0.230 e. The fourth-order valence-electron chi connectivity index (χ4n) is 4.85. The lowest BCUT2D eigenvalue weighted by Gasteiger charge is -2.43. The van der Waals surface area contributed by atoms with E-state index in [2.05, 4.69) is 25.1 Å². The van der Waals surface area contributed by atoms with Gasteiger partial charge in [0.05, 0.1) is 5.41 Å². The third-order valence-corrected chi connectivity index (χ3v) is 6.38. The highest BCUT2D eigenvalue weighted by Gasteiger charge is 2.51. The molecule has 0 bridgehead atoms. The number of carbonyl (C=O) groups is 1. The number of rotatable bonds is 3. The molecule has 1 saturated carbocycles. The third kappa shape index (κ3) is 4.16. The number of amides is 1. The highest BCUT2D eigenvalue weighted by atomic mass is 35.5. The number of hydrogen-bond acceptors (Lipinski definition) is 6. The first-order valence-electron chi connectivity index (χ1n) is 9.85. The van der Waals surface area contributed by atoms with Crippen molar-refractivity contribution in [2.75, 3.05) is 63.2 Å². The number of piperazine rings is 1. The molecule has 0 unspecified atom stereocenters. The van der Waals surface area contributed by atoms with Crippen molar-refractivity contribution in [2.45, 2.75) is 25.7 Å². The second kappa shape index (κ2) is 9.46. The van der Waals surface area contributed by atoms with E-state index in [1.807, 2.05) is 31.3 Å². The molecule has 1 aromatic rings. The van der Waals surface area contributed by atoms with E-state index in [9.17, 15) is 4.79 Å². The van der Waals surface area contributed by atoms with Gasteiger partial charge in [-0.2, -0.15) is 4.98 Å². The molecule has 158 valence electrons. The second-order valence-corrected chi connectivity index (χ2v) is 8.12. The van der Waals surface area contributed by atoms with E-state index in [-0.39, 0.29) is 30.2 Å². The van der Waals surface area contributed by atoms with Crippen LogP contribution in [-0.2, 0) is 4.79 Å². The Labute approximate surface area is 180 Å². The fraction of sp³-hybridized carbons (Fsp3) is 0.737. The molecule has 28 heavy (non-hydrogen) atoms. The zero-order valence-electron chi connectivity index (χ0n) is 16.8. The Kier molecular flexibility index (Phi) is 7.76. The standard InChI is InChI=1S/C19H30N6O.2ClH/c1-23(2)18-21-8-6-16(22-18)24-9-11-25(12-10-24)17(26)19-7-4-3-5-15(19)13-20-14-19;;/h6,8,15,20H,3-5,7,9-14H2,1-2H3;2*1H/t15-,19+;;/m0../s1. The van der Waals surface area contributed by atoms with Crippen molar-refractivity contribution >= 4 is 42.5 Å². The third-order valence-electron chi connectivity index (χ3n) is 6.38. The summed E-state index contributed by atoms with van der Waals surface area (Å²) in [5.74, 6) is 2.60. The summed E-state index contributed by atoms with van der Waals surface area (Å²) < 4.78 is 0. The molecular formula is C19H32Cl2N6O. The Hall–Kier alpha value is -1.31. The van der Waals surface area contributed by atoms with Gasteiger partial charge in [0.1, 0.15) is 5.82 Å². The molecule has 2 saturated heterocycles. The quantitative estimate of drug-likeness (QED) is 0.788. The van der Waals surface area contributed by atoms with E-state index in [0.717, 1.165) is 57.5 Å². The summed E-state index contributed by atoms with van der Waals surface area (Å²) >= 11 is 0. The van der Waals surface area contributed by atoms with Crippen LogP contribution >= 0.6 is 24.8 Å². The predicted octanol–water partition coefficient (Wildman–Crippen LogP) is 1.81. The highest BCUT2D eigenvalue weighted by Crippen LogP contribution is 2.45. The van der Waals surface area contributed by atoms with Crippen molar-refractivity contribution in [3.05, 3.63) is 12.3 Å². The normalized spacial score (nSPS) is 26.7. The number of halogens is 2. The maximum absolute atomic E-state index is 13.4. The largest absolute Gasteiger partial charge is 0.353 e. The van der Waals surface area contributed by atoms with Crippen molar-refractivity contribution in [3.8, 4) is 0 Å². The SMILES string of the molecule is CN(C)c1nccc(N2CCN(C(=O)[C@@]34CCCC[C@H]3CNC4)CC2)n1.Cl.Cl. The van der Waals surface area contributed by atoms with Crippen LogP contribution in [0.1, 0.15) is 25.7 Å². The zero-order chi connectivity index (χ0) is 18.1. The van der Waals surface area contributed by atoms with Gasteiger partial charge < -0.3 is 20.0 Å². The number of nitrogens with zero attached hydrogens (tertiary/aromatic N) is 5. The minimum atomic E-state index is -0.132. The van der Waals surface area contributed by atoms with Crippen LogP contribution in [0.25, 0.3) is 0 Å². The first-order chi connectivity index (χ1) is 12.6. The summed E-state index contributed by atoms with van der Waals surface area (Å²) in [4.78, 5) is 28.6. The van der Waals surface area contributed by atoms with Gasteiger partial charge in [-0.15, -0.1) is 24.8 Å². The van der Waals surface area contributed by atoms with E-state index in [0.29, 0.717) is 11.8 Å². The predicted molar refractivity (Wildman–Crippen MR) is 117 cm³/mol. The molecule has 3 fully saturated rings. The van der Waals surface area contributed by atoms with Crippen LogP contribution in [0.4, 0.5) is 11.8 Å². The van der Waals surface area contributed by atoms with E-state index in [1.165, 1.54) is 19.3 Å². The molecule has 4 rings (SSSR count). The number of aromatic nitrogens is 2. The van der Waals surface area contributed by atoms with Crippen molar-refractivity contribution in [1.82, 2.24) is 20.2 Å². The zero-order valence-corrected chi connectivity index (χ0v) is 18.4. The summed E-state index contributed by atoms with van der Waals surface area (Å²) in [7, 11) is 3.90. The van der Waals surface area contributed by atoms with Gasteiger partial charge in [0.15, 0.2) is 0 Å². The van der Waals surface area contributed by atoms with Gasteiger partial charge in [0.25, 0.3) is 0 Å². The smallest absolute Gasteiger partial charge is 0.230 e. The second-order valence-electron chi connectivity index (χ2n) is 8.12. The highest BCUT2D eigenvalue weighted by molar-refractivity contribution is 5.85. The average Bonchev–Trinajstić information content (AvgIpc) is 3.13. The molecule has 1 aromatic heterocycles. The van der Waals surface area contributed by atoms with E-state index < -0.39 is 0 Å². The van der Waals surface area contributed by atoms with E-state index in [1.54, 1.807) is 0 Å². The summed E-state index contributed by atoms with van der Waals surface area (Å²) in [6.45, 7) is 5.13. The summed E-state index contributed by atoms with van der Waals surface area (Å²) in [5, 5.41) is 3.50. The Bertz CT molecular complexity index is 668. The Balaban J connectivity index is 0.00000140. The van der Waals surface area contributed by atoms with Crippen LogP contribution in [0.5, 0.6) is 0 Å². The number of nitrogens with one attached hydrogen (secondary N) is 1. The summed E-state index contributed by atoms with van der Waals surface area (Å²) in [5.41, 5.74) is -0.132. The van der Waals surface area contributed by atoms with Gasteiger partial charge in [-0.25, -0.2) is 4.98 Å². The van der Waals surface area contributed by atoms with Crippen LogP contribution in [0.3, 0.4) is 0 Å². The minimum Gasteiger partial charge on any atom is -0.353 e. The van der Waals surface area contributed by atoms with Gasteiger partial charge in [0, 0.05) is 53.0 Å². The van der Waals surface area contributed by atoms with E-state index >= 15 is 0 Å². The fourth-order valence-corrected chi connectivity index (χ4v) is 4.85. The molecule has 1 amide bonds. The van der Waals surface area contributed by atoms with Crippen molar-refractivity contribution in [1.29, 1.82) is 0 Å². The maximum atomic E-state index is 13.4. The Morgan fingerprint density at radius 3 is 2.68 bits per heavy atom. The molecule has 3 heterocycles.